The second-order valence-corrected chi connectivity index (χ2v) is 10.8. The van der Waals surface area contributed by atoms with Crippen molar-refractivity contribution in [3.8, 4) is 5.75 Å². The van der Waals surface area contributed by atoms with E-state index in [-0.39, 0.29) is 18.5 Å². The smallest absolute Gasteiger partial charge is 0.367 e. The highest BCUT2D eigenvalue weighted by atomic mass is 31.1. The zero-order valence-corrected chi connectivity index (χ0v) is 22.5. The van der Waals surface area contributed by atoms with Crippen molar-refractivity contribution >= 4 is 20.0 Å². The van der Waals surface area contributed by atoms with Crippen LogP contribution in [0.1, 0.15) is 45.3 Å². The van der Waals surface area contributed by atoms with Gasteiger partial charge in [0.25, 0.3) is 0 Å². The van der Waals surface area contributed by atoms with Crippen molar-refractivity contribution in [2.24, 2.45) is 0 Å². The Balaban J connectivity index is 1.49. The van der Waals surface area contributed by atoms with E-state index in [1.165, 1.54) is 12.3 Å². The number of esters is 1. The minimum Gasteiger partial charge on any atom is -0.461 e. The molecule has 1 unspecified atom stereocenters. The van der Waals surface area contributed by atoms with Gasteiger partial charge in [0, 0.05) is 12.7 Å². The van der Waals surface area contributed by atoms with Gasteiger partial charge in [0.15, 0.2) is 12.4 Å². The number of nitrogens with one attached hydrogen (secondary N) is 1. The van der Waals surface area contributed by atoms with E-state index in [9.17, 15) is 19.3 Å². The maximum atomic E-state index is 15.4. The number of hydrogen-bond donors (Lipinski definition) is 3. The molecule has 0 amide bonds. The molecule has 2 heterocycles. The Labute approximate surface area is 225 Å². The number of carbonyl (C=O) groups is 1. The van der Waals surface area contributed by atoms with Gasteiger partial charge in [-0.3, -0.25) is 13.9 Å². The van der Waals surface area contributed by atoms with Crippen LogP contribution in [0.15, 0.2) is 47.4 Å². The Bertz CT molecular complexity index is 1200. The van der Waals surface area contributed by atoms with Crippen LogP contribution in [-0.2, 0) is 23.4 Å². The standard InChI is InChI=1S/C25H34FN4O8P/c1-16(23(32)36-17-8-4-2-5-9-17)28-14-25(15-35-39(34)38-18-10-6-3-7-11-18)21(31)20(26)22(37-25)30-13-12-19(27)29-24(30)33/h3,6-7,10-13,16-17,20-22,28,31,39H,2,4-5,8-9,14-15H2,1H3,(H2,27,29,33)/t16-,20+,21-,22+,25+/m0/s1. The van der Waals surface area contributed by atoms with Gasteiger partial charge in [-0.25, -0.2) is 13.8 Å². The highest BCUT2D eigenvalue weighted by molar-refractivity contribution is 7.33. The van der Waals surface area contributed by atoms with E-state index in [1.807, 2.05) is 0 Å². The van der Waals surface area contributed by atoms with Crippen molar-refractivity contribution in [2.75, 3.05) is 18.9 Å². The first kappa shape index (κ1) is 29.2. The van der Waals surface area contributed by atoms with Crippen molar-refractivity contribution < 1.29 is 37.4 Å². The van der Waals surface area contributed by atoms with Crippen molar-refractivity contribution in [3.63, 3.8) is 0 Å². The number of nitrogens with zero attached hydrogens (tertiary/aromatic N) is 2. The van der Waals surface area contributed by atoms with Crippen LogP contribution in [0.4, 0.5) is 10.2 Å². The van der Waals surface area contributed by atoms with Crippen molar-refractivity contribution in [1.29, 1.82) is 0 Å². The molecule has 0 bridgehead atoms. The molecule has 214 valence electrons. The molecular formula is C25H34FN4O8P. The summed E-state index contributed by atoms with van der Waals surface area (Å²) in [5.74, 6) is -0.275. The molecule has 2 aromatic rings. The lowest BCUT2D eigenvalue weighted by Gasteiger charge is -2.33. The fraction of sp³-hybridized carbons (Fsp3) is 0.560. The number of para-hydroxylation sites is 1. The fourth-order valence-electron chi connectivity index (χ4n) is 4.62. The summed E-state index contributed by atoms with van der Waals surface area (Å²) in [6.07, 6.45) is 0.186. The quantitative estimate of drug-likeness (QED) is 0.269. The molecule has 1 aliphatic heterocycles. The van der Waals surface area contributed by atoms with E-state index in [4.69, 9.17) is 24.3 Å². The first-order valence-electron chi connectivity index (χ1n) is 12.9. The number of rotatable bonds is 11. The summed E-state index contributed by atoms with van der Waals surface area (Å²) in [6, 6.07) is 8.73. The molecule has 39 heavy (non-hydrogen) atoms. The van der Waals surface area contributed by atoms with Crippen LogP contribution in [0.25, 0.3) is 0 Å². The number of aromatic nitrogens is 2. The Morgan fingerprint density at radius 1 is 1.31 bits per heavy atom. The number of alkyl halides is 1. The van der Waals surface area contributed by atoms with Gasteiger partial charge in [-0.2, -0.15) is 4.98 Å². The second kappa shape index (κ2) is 13.0. The second-order valence-electron chi connectivity index (χ2n) is 9.76. The number of hydrogen-bond acceptors (Lipinski definition) is 11. The molecule has 1 saturated carbocycles. The number of ether oxygens (including phenoxy) is 2. The molecule has 2 fully saturated rings. The van der Waals surface area contributed by atoms with E-state index in [1.54, 1.807) is 37.3 Å². The third-order valence-corrected chi connectivity index (χ3v) is 7.65. The average Bonchev–Trinajstić information content (AvgIpc) is 3.17. The van der Waals surface area contributed by atoms with E-state index in [0.717, 1.165) is 36.7 Å². The number of carbonyl (C=O) groups excluding carboxylic acids is 1. The Kier molecular flexibility index (Phi) is 9.73. The van der Waals surface area contributed by atoms with Crippen molar-refractivity contribution in [1.82, 2.24) is 14.9 Å². The predicted molar refractivity (Wildman–Crippen MR) is 139 cm³/mol. The first-order valence-corrected chi connectivity index (χ1v) is 14.1. The molecule has 1 saturated heterocycles. The summed E-state index contributed by atoms with van der Waals surface area (Å²) in [5, 5.41) is 13.9. The average molecular weight is 569 g/mol. The summed E-state index contributed by atoms with van der Waals surface area (Å²) in [6.45, 7) is 0.690. The molecule has 1 aromatic carbocycles. The fourth-order valence-corrected chi connectivity index (χ4v) is 5.37. The van der Waals surface area contributed by atoms with E-state index < -0.39 is 56.7 Å². The maximum Gasteiger partial charge on any atom is 0.367 e. The first-order chi connectivity index (χ1) is 18.7. The number of nitrogen functional groups attached to an aromatic ring is 1. The predicted octanol–water partition coefficient (Wildman–Crippen LogP) is 2.13. The van der Waals surface area contributed by atoms with Gasteiger partial charge >= 0.3 is 19.9 Å². The van der Waals surface area contributed by atoms with Gasteiger partial charge in [-0.05, 0) is 50.8 Å². The van der Waals surface area contributed by atoms with Gasteiger partial charge in [0.1, 0.15) is 35.4 Å². The summed E-state index contributed by atoms with van der Waals surface area (Å²) in [7, 11) is -3.16. The molecule has 0 radical (unpaired) electrons. The third-order valence-electron chi connectivity index (χ3n) is 6.87. The minimum absolute atomic E-state index is 0.0663. The van der Waals surface area contributed by atoms with Gasteiger partial charge in [0.05, 0.1) is 6.61 Å². The summed E-state index contributed by atoms with van der Waals surface area (Å²) >= 11 is 0. The van der Waals surface area contributed by atoms with E-state index >= 15 is 4.39 Å². The van der Waals surface area contributed by atoms with Gasteiger partial charge < -0.3 is 30.2 Å². The number of halogens is 1. The number of benzene rings is 1. The topological polar surface area (TPSA) is 164 Å². The molecule has 0 spiro atoms. The monoisotopic (exact) mass is 568 g/mol. The van der Waals surface area contributed by atoms with Crippen LogP contribution in [0, 0.1) is 0 Å². The van der Waals surface area contributed by atoms with Crippen molar-refractivity contribution in [2.45, 2.75) is 75.3 Å². The molecule has 12 nitrogen and oxygen atoms in total. The zero-order chi connectivity index (χ0) is 28.0. The van der Waals surface area contributed by atoms with Gasteiger partial charge in [-0.1, -0.05) is 24.6 Å². The molecule has 4 N–H and O–H groups in total. The lowest BCUT2D eigenvalue weighted by Crippen LogP contribution is -2.55. The third kappa shape index (κ3) is 7.23. The minimum atomic E-state index is -3.16. The van der Waals surface area contributed by atoms with Gasteiger partial charge in [0.2, 0.25) is 0 Å². The Hall–Kier alpha value is -2.83. The van der Waals surface area contributed by atoms with Crippen LogP contribution in [0.2, 0.25) is 0 Å². The van der Waals surface area contributed by atoms with Crippen LogP contribution in [0.3, 0.4) is 0 Å². The molecular weight excluding hydrogens is 534 g/mol. The Morgan fingerprint density at radius 3 is 2.72 bits per heavy atom. The maximum absolute atomic E-state index is 15.4. The molecule has 6 atom stereocenters. The molecule has 2 aliphatic rings. The normalized spacial score (nSPS) is 27.1. The van der Waals surface area contributed by atoms with E-state index in [2.05, 4.69) is 10.3 Å². The number of aliphatic hydroxyl groups excluding tert-OH is 1. The lowest BCUT2D eigenvalue weighted by molar-refractivity contribution is -0.154. The summed E-state index contributed by atoms with van der Waals surface area (Å²) in [5.41, 5.74) is 2.79. The molecule has 14 heteroatoms. The number of aliphatic hydroxyl groups is 1. The van der Waals surface area contributed by atoms with Crippen LogP contribution in [-0.4, -0.2) is 63.8 Å². The SMILES string of the molecule is C[C@H](NC[C@]1(CO[PH](=O)Oc2ccccc2)O[C@@H](n2ccc(N)nc2=O)[C@H](F)[C@@H]1O)C(=O)OC1CCCCC1. The zero-order valence-electron chi connectivity index (χ0n) is 21.5. The highest BCUT2D eigenvalue weighted by Gasteiger charge is 2.57. The van der Waals surface area contributed by atoms with Crippen LogP contribution >= 0.6 is 8.25 Å². The number of anilines is 1. The molecule has 4 rings (SSSR count). The molecule has 1 aromatic heterocycles. The summed E-state index contributed by atoms with van der Waals surface area (Å²) in [4.78, 5) is 28.6. The highest BCUT2D eigenvalue weighted by Crippen LogP contribution is 2.41. The molecule has 1 aliphatic carbocycles. The Morgan fingerprint density at radius 2 is 2.03 bits per heavy atom. The summed E-state index contributed by atoms with van der Waals surface area (Å²) < 4.78 is 51.0. The largest absolute Gasteiger partial charge is 0.461 e. The van der Waals surface area contributed by atoms with E-state index in [0.29, 0.717) is 5.75 Å². The van der Waals surface area contributed by atoms with Crippen molar-refractivity contribution in [3.05, 3.63) is 53.1 Å². The van der Waals surface area contributed by atoms with Crippen LogP contribution in [0.5, 0.6) is 5.75 Å². The van der Waals surface area contributed by atoms with Gasteiger partial charge in [-0.15, -0.1) is 0 Å². The lowest BCUT2D eigenvalue weighted by atomic mass is 9.96. The number of nitrogens with two attached hydrogens (primary N) is 1. The van der Waals surface area contributed by atoms with Crippen LogP contribution < -0.4 is 21.3 Å².